The molecule has 2 aliphatic rings. The minimum absolute atomic E-state index is 0.0751. The zero-order valence-electron chi connectivity index (χ0n) is 20.5. The van der Waals surface area contributed by atoms with Crippen LogP contribution >= 0.6 is 58.2 Å². The number of thiazole rings is 1. The van der Waals surface area contributed by atoms with Gasteiger partial charge in [0.25, 0.3) is 11.8 Å². The van der Waals surface area contributed by atoms with Crippen molar-refractivity contribution in [3.63, 3.8) is 0 Å². The van der Waals surface area contributed by atoms with Crippen LogP contribution in [-0.2, 0) is 19.2 Å². The molecule has 4 heterocycles. The lowest BCUT2D eigenvalue weighted by Gasteiger charge is -2.49. The van der Waals surface area contributed by atoms with Gasteiger partial charge in [0.15, 0.2) is 15.2 Å². The molecule has 2 aliphatic heterocycles. The Balaban J connectivity index is 1.39. The zero-order chi connectivity index (χ0) is 28.1. The third-order valence-corrected chi connectivity index (χ3v) is 10.0. The molecule has 0 spiro atoms. The van der Waals surface area contributed by atoms with Gasteiger partial charge in [-0.15, -0.1) is 23.1 Å². The number of carbonyl (C=O) groups excluding carboxylic acids is 2. The van der Waals surface area contributed by atoms with Crippen molar-refractivity contribution in [1.29, 1.82) is 0 Å². The molecule has 0 aromatic carbocycles. The van der Waals surface area contributed by atoms with E-state index in [0.717, 1.165) is 11.3 Å². The number of amidine groups is 1. The minimum atomic E-state index is -1.21. The number of rotatable bonds is 12. The number of amides is 2. The zero-order valence-corrected chi connectivity index (χ0v) is 24.6. The van der Waals surface area contributed by atoms with E-state index in [9.17, 15) is 19.5 Å². The Kier molecular flexibility index (Phi) is 9.70. The Morgan fingerprint density at radius 1 is 1.36 bits per heavy atom. The number of aromatic nitrogens is 3. The van der Waals surface area contributed by atoms with E-state index in [2.05, 4.69) is 29.8 Å². The van der Waals surface area contributed by atoms with Gasteiger partial charge in [0, 0.05) is 22.6 Å². The van der Waals surface area contributed by atoms with Crippen LogP contribution in [0, 0.1) is 0 Å². The van der Waals surface area contributed by atoms with E-state index in [0.29, 0.717) is 44.7 Å². The number of anilines is 1. The summed E-state index contributed by atoms with van der Waals surface area (Å²) in [5, 5.41) is 18.1. The standard InChI is InChI=1S/C20H23N9O5S5/c1-8(21)23-3-4-35-19-26-20(39-28-19)38-6-9-5-36-16-12(15(31)29(16)13(9)17(32)33)25-14(30)11(27-34-2)10-7-37-18(22)24-10/h7,12,16H,3-6H2,1-2H3,(H2,21,23)(H2,22,24)(H,25,30)(H,32,33)/b27-11-/t12?,16-/m1/s1. The van der Waals surface area contributed by atoms with Crippen LogP contribution in [0.3, 0.4) is 0 Å². The number of carbonyl (C=O) groups is 3. The molecule has 14 nitrogen and oxygen atoms in total. The van der Waals surface area contributed by atoms with Crippen LogP contribution in [-0.4, -0.2) is 96.0 Å². The average Bonchev–Trinajstić information content (AvgIpc) is 3.54. The highest BCUT2D eigenvalue weighted by atomic mass is 32.2. The smallest absolute Gasteiger partial charge is 0.352 e. The lowest BCUT2D eigenvalue weighted by atomic mass is 10.0. The van der Waals surface area contributed by atoms with E-state index in [-0.39, 0.29) is 22.2 Å². The van der Waals surface area contributed by atoms with E-state index in [1.165, 1.54) is 58.8 Å². The van der Waals surface area contributed by atoms with Gasteiger partial charge in [-0.3, -0.25) is 19.5 Å². The first-order chi connectivity index (χ1) is 18.7. The number of fused-ring (bicyclic) bond motifs is 1. The van der Waals surface area contributed by atoms with Crippen molar-refractivity contribution in [2.45, 2.75) is 27.8 Å². The molecule has 39 heavy (non-hydrogen) atoms. The maximum Gasteiger partial charge on any atom is 0.352 e. The van der Waals surface area contributed by atoms with Crippen molar-refractivity contribution in [2.75, 3.05) is 36.6 Å². The largest absolute Gasteiger partial charge is 0.477 e. The van der Waals surface area contributed by atoms with Gasteiger partial charge in [-0.1, -0.05) is 28.7 Å². The number of hydrogen-bond donors (Lipinski definition) is 4. The number of nitrogens with zero attached hydrogens (tertiary/aromatic N) is 6. The van der Waals surface area contributed by atoms with E-state index in [1.54, 1.807) is 12.3 Å². The molecule has 2 aromatic heterocycles. The highest BCUT2D eigenvalue weighted by molar-refractivity contribution is 8.02. The predicted octanol–water partition coefficient (Wildman–Crippen LogP) is 0.927. The van der Waals surface area contributed by atoms with Crippen molar-refractivity contribution in [2.24, 2.45) is 15.9 Å². The summed E-state index contributed by atoms with van der Waals surface area (Å²) in [5.41, 5.74) is 11.8. The lowest BCUT2D eigenvalue weighted by Crippen LogP contribution is -2.71. The van der Waals surface area contributed by atoms with Crippen LogP contribution in [0.4, 0.5) is 5.13 Å². The first-order valence-electron chi connectivity index (χ1n) is 11.1. The van der Waals surface area contributed by atoms with Crippen LogP contribution < -0.4 is 16.8 Å². The molecule has 2 amide bonds. The molecule has 2 atom stereocenters. The van der Waals surface area contributed by atoms with Gasteiger partial charge in [0.05, 0.1) is 12.4 Å². The Bertz CT molecular complexity index is 1350. The Morgan fingerprint density at radius 2 is 2.15 bits per heavy atom. The highest BCUT2D eigenvalue weighted by Crippen LogP contribution is 2.42. The average molecular weight is 630 g/mol. The van der Waals surface area contributed by atoms with E-state index >= 15 is 0 Å². The topological polar surface area (TPSA) is 211 Å². The second-order valence-corrected chi connectivity index (χ2v) is 12.8. The molecule has 1 fully saturated rings. The number of nitrogen functional groups attached to an aromatic ring is 1. The van der Waals surface area contributed by atoms with Gasteiger partial charge in [-0.25, -0.2) is 14.8 Å². The number of β-lactam (4-membered cyclic amide) rings is 1. The fourth-order valence-corrected chi connectivity index (χ4v) is 8.01. The molecule has 0 radical (unpaired) electrons. The maximum atomic E-state index is 13.0. The number of thioether (sulfide) groups is 3. The van der Waals surface area contributed by atoms with Crippen LogP contribution in [0.2, 0.25) is 0 Å². The highest BCUT2D eigenvalue weighted by Gasteiger charge is 2.54. The van der Waals surface area contributed by atoms with Gasteiger partial charge in [-0.2, -0.15) is 4.37 Å². The van der Waals surface area contributed by atoms with E-state index < -0.39 is 29.2 Å². The third kappa shape index (κ3) is 6.83. The van der Waals surface area contributed by atoms with Gasteiger partial charge >= 0.3 is 5.97 Å². The van der Waals surface area contributed by atoms with Crippen molar-refractivity contribution in [1.82, 2.24) is 24.6 Å². The lowest BCUT2D eigenvalue weighted by molar-refractivity contribution is -0.150. The molecule has 208 valence electrons. The summed E-state index contributed by atoms with van der Waals surface area (Å²) >= 11 is 6.54. The van der Waals surface area contributed by atoms with Crippen molar-refractivity contribution < 1.29 is 24.3 Å². The maximum absolute atomic E-state index is 13.0. The molecule has 1 unspecified atom stereocenters. The molecule has 1 saturated heterocycles. The number of aliphatic imine (C=N–C) groups is 1. The van der Waals surface area contributed by atoms with Crippen LogP contribution in [0.15, 0.2) is 36.3 Å². The molecule has 4 rings (SSSR count). The van der Waals surface area contributed by atoms with Crippen LogP contribution in [0.5, 0.6) is 0 Å². The number of hydrogen-bond acceptors (Lipinski definition) is 15. The van der Waals surface area contributed by atoms with Gasteiger partial charge < -0.3 is 26.7 Å². The van der Waals surface area contributed by atoms with E-state index in [4.69, 9.17) is 16.3 Å². The normalized spacial score (nSPS) is 19.5. The fourth-order valence-electron chi connectivity index (χ4n) is 3.52. The predicted molar refractivity (Wildman–Crippen MR) is 153 cm³/mol. The Morgan fingerprint density at radius 3 is 2.82 bits per heavy atom. The van der Waals surface area contributed by atoms with Gasteiger partial charge in [0.1, 0.15) is 29.9 Å². The Hall–Kier alpha value is -2.87. The van der Waals surface area contributed by atoms with Gasteiger partial charge in [0.2, 0.25) is 5.16 Å². The number of aliphatic carboxylic acids is 1. The number of carboxylic acids is 1. The molecule has 0 aliphatic carbocycles. The summed E-state index contributed by atoms with van der Waals surface area (Å²) in [6.45, 7) is 2.29. The second kappa shape index (κ2) is 13.0. The summed E-state index contributed by atoms with van der Waals surface area (Å²) in [6, 6.07) is -0.931. The summed E-state index contributed by atoms with van der Waals surface area (Å²) in [5.74, 6) is -0.515. The van der Waals surface area contributed by atoms with Crippen molar-refractivity contribution in [3.05, 3.63) is 22.3 Å². The first kappa shape index (κ1) is 29.1. The first-order valence-corrected chi connectivity index (χ1v) is 15.8. The van der Waals surface area contributed by atoms with Gasteiger partial charge in [-0.05, 0) is 24.0 Å². The fraction of sp³-hybridized carbons (Fsp3) is 0.400. The molecule has 6 N–H and O–H groups in total. The van der Waals surface area contributed by atoms with Crippen LogP contribution in [0.25, 0.3) is 0 Å². The summed E-state index contributed by atoms with van der Waals surface area (Å²) in [6.07, 6.45) is 0. The summed E-state index contributed by atoms with van der Waals surface area (Å²) < 4.78 is 5.00. The third-order valence-electron chi connectivity index (χ3n) is 5.14. The van der Waals surface area contributed by atoms with E-state index in [1.807, 2.05) is 0 Å². The molecule has 19 heteroatoms. The van der Waals surface area contributed by atoms with Crippen molar-refractivity contribution >= 4 is 92.6 Å². The SMILES string of the molecule is CO/N=C(\C(=O)NC1C(=O)N2C(C(=O)O)=C(CSc3nc(SCCN=C(C)N)ns3)CS[C@H]12)c1csc(N)n1. The monoisotopic (exact) mass is 629 g/mol. The number of nitrogens with two attached hydrogens (primary N) is 2. The molecule has 0 bridgehead atoms. The molecular weight excluding hydrogens is 607 g/mol. The number of carboxylic acid groups (broad SMARTS) is 1. The molecular formula is C20H23N9O5S5. The summed E-state index contributed by atoms with van der Waals surface area (Å²) in [7, 11) is 1.28. The quantitative estimate of drug-likeness (QED) is 0.0643. The molecule has 0 saturated carbocycles. The van der Waals surface area contributed by atoms with Crippen LogP contribution in [0.1, 0.15) is 12.6 Å². The summed E-state index contributed by atoms with van der Waals surface area (Å²) in [4.78, 5) is 56.6. The van der Waals surface area contributed by atoms with Crippen molar-refractivity contribution in [3.8, 4) is 0 Å². The molecule has 2 aromatic rings. The number of nitrogens with one attached hydrogen (secondary N) is 1. The number of oxime groups is 1. The Labute approximate surface area is 243 Å². The minimum Gasteiger partial charge on any atom is -0.477 e. The second-order valence-electron chi connectivity index (χ2n) is 7.81.